The standard InChI is InChI=1S/C15H24N2O/c16-13-1-2-17(8-13)15(18)14-11-4-9-3-10(6-11)7-12(14)5-9/h9-14H,1-8,16H2. The van der Waals surface area contributed by atoms with E-state index in [0.29, 0.717) is 23.7 Å². The molecule has 18 heavy (non-hydrogen) atoms. The van der Waals surface area contributed by atoms with Crippen LogP contribution in [0.1, 0.15) is 38.5 Å². The molecule has 4 saturated carbocycles. The summed E-state index contributed by atoms with van der Waals surface area (Å²) >= 11 is 0. The number of rotatable bonds is 1. The number of likely N-dealkylation sites (tertiary alicyclic amines) is 1. The Morgan fingerprint density at radius 2 is 1.61 bits per heavy atom. The molecule has 0 aromatic heterocycles. The van der Waals surface area contributed by atoms with Gasteiger partial charge in [-0.1, -0.05) is 0 Å². The van der Waals surface area contributed by atoms with Crippen molar-refractivity contribution in [3.63, 3.8) is 0 Å². The summed E-state index contributed by atoms with van der Waals surface area (Å²) in [4.78, 5) is 14.8. The first kappa shape index (κ1) is 11.3. The van der Waals surface area contributed by atoms with Crippen LogP contribution in [0.3, 0.4) is 0 Å². The summed E-state index contributed by atoms with van der Waals surface area (Å²) in [5, 5.41) is 0. The largest absolute Gasteiger partial charge is 0.341 e. The topological polar surface area (TPSA) is 46.3 Å². The Balaban J connectivity index is 1.52. The van der Waals surface area contributed by atoms with Crippen LogP contribution in [0, 0.1) is 29.6 Å². The Hall–Kier alpha value is -0.570. The molecule has 2 N–H and O–H groups in total. The van der Waals surface area contributed by atoms with Crippen molar-refractivity contribution in [2.45, 2.75) is 44.6 Å². The molecule has 0 aromatic rings. The Labute approximate surface area is 109 Å². The molecule has 100 valence electrons. The van der Waals surface area contributed by atoms with Crippen LogP contribution in [0.4, 0.5) is 0 Å². The van der Waals surface area contributed by atoms with Crippen molar-refractivity contribution in [3.05, 3.63) is 0 Å². The summed E-state index contributed by atoms with van der Waals surface area (Å²) in [5.41, 5.74) is 5.94. The van der Waals surface area contributed by atoms with Crippen LogP contribution in [-0.2, 0) is 4.79 Å². The van der Waals surface area contributed by atoms with E-state index in [2.05, 4.69) is 4.90 Å². The lowest BCUT2D eigenvalue weighted by molar-refractivity contribution is -0.148. The first-order valence-electron chi connectivity index (χ1n) is 7.75. The maximum Gasteiger partial charge on any atom is 0.226 e. The van der Waals surface area contributed by atoms with Gasteiger partial charge in [0, 0.05) is 25.0 Å². The van der Waals surface area contributed by atoms with E-state index >= 15 is 0 Å². The summed E-state index contributed by atoms with van der Waals surface area (Å²) in [7, 11) is 0. The summed E-state index contributed by atoms with van der Waals surface area (Å²) in [6.45, 7) is 1.71. The van der Waals surface area contributed by atoms with Gasteiger partial charge >= 0.3 is 0 Å². The zero-order chi connectivity index (χ0) is 12.3. The quantitative estimate of drug-likeness (QED) is 0.766. The molecule has 0 spiro atoms. The minimum Gasteiger partial charge on any atom is -0.341 e. The minimum absolute atomic E-state index is 0.228. The lowest BCUT2D eigenvalue weighted by Crippen LogP contribution is -2.51. The van der Waals surface area contributed by atoms with E-state index in [9.17, 15) is 4.79 Å². The van der Waals surface area contributed by atoms with Gasteiger partial charge in [-0.05, 0) is 62.2 Å². The second kappa shape index (κ2) is 3.96. The molecule has 1 aliphatic heterocycles. The van der Waals surface area contributed by atoms with Gasteiger partial charge in [-0.2, -0.15) is 0 Å². The highest BCUT2D eigenvalue weighted by atomic mass is 16.2. The van der Waals surface area contributed by atoms with Crippen molar-refractivity contribution in [2.24, 2.45) is 35.3 Å². The Morgan fingerprint density at radius 1 is 1.00 bits per heavy atom. The van der Waals surface area contributed by atoms with Gasteiger partial charge in [0.15, 0.2) is 0 Å². The summed E-state index contributed by atoms with van der Waals surface area (Å²) in [5.74, 6) is 4.16. The number of hydrogen-bond donors (Lipinski definition) is 1. The van der Waals surface area contributed by atoms with E-state index in [-0.39, 0.29) is 6.04 Å². The molecular weight excluding hydrogens is 224 g/mol. The third kappa shape index (κ3) is 1.63. The van der Waals surface area contributed by atoms with E-state index in [1.165, 1.54) is 32.1 Å². The fourth-order valence-electron chi connectivity index (χ4n) is 5.53. The Bertz CT molecular complexity index is 340. The van der Waals surface area contributed by atoms with Crippen LogP contribution < -0.4 is 5.73 Å². The predicted molar refractivity (Wildman–Crippen MR) is 69.7 cm³/mol. The van der Waals surface area contributed by atoms with Gasteiger partial charge in [-0.3, -0.25) is 4.79 Å². The highest BCUT2D eigenvalue weighted by molar-refractivity contribution is 5.80. The fourth-order valence-corrected chi connectivity index (χ4v) is 5.53. The van der Waals surface area contributed by atoms with Gasteiger partial charge in [0.1, 0.15) is 0 Å². The smallest absolute Gasteiger partial charge is 0.226 e. The fraction of sp³-hybridized carbons (Fsp3) is 0.933. The molecule has 3 nitrogen and oxygen atoms in total. The Morgan fingerprint density at radius 3 is 2.11 bits per heavy atom. The van der Waals surface area contributed by atoms with E-state index in [1.807, 2.05) is 0 Å². The molecule has 1 saturated heterocycles. The normalized spacial score (nSPS) is 49.9. The van der Waals surface area contributed by atoms with Crippen LogP contribution >= 0.6 is 0 Å². The summed E-state index contributed by atoms with van der Waals surface area (Å²) in [6, 6.07) is 0.228. The monoisotopic (exact) mass is 248 g/mol. The van der Waals surface area contributed by atoms with Crippen molar-refractivity contribution in [3.8, 4) is 0 Å². The van der Waals surface area contributed by atoms with Crippen molar-refractivity contribution in [1.82, 2.24) is 4.90 Å². The zero-order valence-corrected chi connectivity index (χ0v) is 11.1. The molecular formula is C15H24N2O. The molecule has 4 bridgehead atoms. The third-order valence-corrected chi connectivity index (χ3v) is 6.05. The van der Waals surface area contributed by atoms with Gasteiger partial charge in [0.2, 0.25) is 5.91 Å². The molecule has 1 unspecified atom stereocenters. The molecule has 5 fully saturated rings. The second-order valence-corrected chi connectivity index (χ2v) is 7.29. The molecule has 3 heteroatoms. The van der Waals surface area contributed by atoms with Crippen molar-refractivity contribution in [1.29, 1.82) is 0 Å². The molecule has 5 rings (SSSR count). The highest BCUT2D eigenvalue weighted by Gasteiger charge is 2.51. The van der Waals surface area contributed by atoms with E-state index < -0.39 is 0 Å². The van der Waals surface area contributed by atoms with E-state index in [0.717, 1.165) is 31.3 Å². The van der Waals surface area contributed by atoms with Gasteiger partial charge in [-0.25, -0.2) is 0 Å². The molecule has 4 aliphatic carbocycles. The average Bonchev–Trinajstić information content (AvgIpc) is 2.74. The van der Waals surface area contributed by atoms with E-state index in [1.54, 1.807) is 0 Å². The summed E-state index contributed by atoms with van der Waals surface area (Å²) in [6.07, 6.45) is 7.81. The van der Waals surface area contributed by atoms with Crippen molar-refractivity contribution in [2.75, 3.05) is 13.1 Å². The van der Waals surface area contributed by atoms with E-state index in [4.69, 9.17) is 5.73 Å². The maximum absolute atomic E-state index is 12.8. The number of hydrogen-bond acceptors (Lipinski definition) is 2. The lowest BCUT2D eigenvalue weighted by Gasteiger charge is -2.54. The molecule has 1 amide bonds. The summed E-state index contributed by atoms with van der Waals surface area (Å²) < 4.78 is 0. The minimum atomic E-state index is 0.228. The van der Waals surface area contributed by atoms with Crippen molar-refractivity contribution < 1.29 is 4.79 Å². The third-order valence-electron chi connectivity index (χ3n) is 6.05. The molecule has 5 aliphatic rings. The number of nitrogens with zero attached hydrogens (tertiary/aromatic N) is 1. The van der Waals surface area contributed by atoms with Crippen LogP contribution in [0.2, 0.25) is 0 Å². The first-order chi connectivity index (χ1) is 8.70. The molecule has 0 radical (unpaired) electrons. The number of amides is 1. The van der Waals surface area contributed by atoms with Gasteiger partial charge in [-0.15, -0.1) is 0 Å². The van der Waals surface area contributed by atoms with Crippen molar-refractivity contribution >= 4 is 5.91 Å². The van der Waals surface area contributed by atoms with Gasteiger partial charge < -0.3 is 10.6 Å². The molecule has 0 aromatic carbocycles. The average molecular weight is 248 g/mol. The first-order valence-corrected chi connectivity index (χ1v) is 7.75. The molecule has 1 heterocycles. The number of carbonyl (C=O) groups excluding carboxylic acids is 1. The van der Waals surface area contributed by atoms with Gasteiger partial charge in [0.25, 0.3) is 0 Å². The van der Waals surface area contributed by atoms with Crippen LogP contribution in [0.15, 0.2) is 0 Å². The van der Waals surface area contributed by atoms with Crippen LogP contribution in [0.5, 0.6) is 0 Å². The van der Waals surface area contributed by atoms with Crippen LogP contribution in [-0.4, -0.2) is 29.9 Å². The Kier molecular flexibility index (Phi) is 2.48. The lowest BCUT2D eigenvalue weighted by atomic mass is 9.51. The number of nitrogens with two attached hydrogens (primary N) is 1. The zero-order valence-electron chi connectivity index (χ0n) is 11.1. The SMILES string of the molecule is NC1CCN(C(=O)C2C3CC4CC(C3)CC2C4)C1. The van der Waals surface area contributed by atoms with Crippen LogP contribution in [0.25, 0.3) is 0 Å². The highest BCUT2D eigenvalue weighted by Crippen LogP contribution is 2.56. The molecule has 1 atom stereocenters. The van der Waals surface area contributed by atoms with Gasteiger partial charge in [0.05, 0.1) is 0 Å². The second-order valence-electron chi connectivity index (χ2n) is 7.29. The predicted octanol–water partition coefficient (Wildman–Crippen LogP) is 1.62. The maximum atomic E-state index is 12.8. The number of carbonyl (C=O) groups is 1.